The molecule has 0 aliphatic carbocycles. The van der Waals surface area contributed by atoms with E-state index in [2.05, 4.69) is 52.8 Å². The second-order valence-electron chi connectivity index (χ2n) is 29.6. The number of nitrogens with one attached hydrogen (secondary N) is 11. The number of H-pyrrole nitrogens is 1. The zero-order valence-corrected chi connectivity index (χ0v) is 68.4. The Hall–Kier alpha value is -12.7. The molecule has 0 spiro atoms. The van der Waals surface area contributed by atoms with Gasteiger partial charge in [0.15, 0.2) is 5.96 Å². The molecule has 2 fully saturated rings. The maximum Gasteiger partial charge on any atom is 0.305 e. The molecule has 3 heterocycles. The van der Waals surface area contributed by atoms with Gasteiger partial charge in [-0.3, -0.25) is 82.1 Å². The minimum Gasteiger partial charge on any atom is -0.508 e. The van der Waals surface area contributed by atoms with Gasteiger partial charge >= 0.3 is 5.97 Å². The van der Waals surface area contributed by atoms with E-state index in [0.29, 0.717) is 33.2 Å². The summed E-state index contributed by atoms with van der Waals surface area (Å²) in [5.74, 6) is -17.8. The lowest BCUT2D eigenvalue weighted by Gasteiger charge is -2.35. The molecule has 11 atom stereocenters. The van der Waals surface area contributed by atoms with Crippen LogP contribution in [0.5, 0.6) is 5.75 Å². The number of likely N-dealkylation sites (N-methyl/N-ethyl adjacent to an activating group) is 5. The number of rotatable bonds is 19. The lowest BCUT2D eigenvalue weighted by molar-refractivity contribution is -0.149. The molecule has 38 nitrogen and oxygen atoms in total. The SMILES string of the molecule is CC(C)[C@@H]1NC(=O)[C@H](CC(=O)O)NC(=O)[C@H](C)N(C)C(=O)[C@@H](Cc2c[nH]c3ccccc23)NC(=O)CSC[C@@H](C(=O)NCC(N)=O)NC(=O)[C@@H]2CCCN2C(=O)[C@H](Cc2ccccc2)N(C)C(=O)[C@H](Cc2ccc(O)cc2)NC(=O)CN(C)C(=O)[C@H](Cc2ccccc2)N(C)C(=O)[C@H](CCCNC(=N)N)NC(=O)CNC(=O)[C@H](CO)N(C)C1=O. The van der Waals surface area contributed by atoms with E-state index >= 15 is 19.2 Å². The summed E-state index contributed by atoms with van der Waals surface area (Å²) in [5, 5.41) is 62.2. The molecule has 15 amide bonds. The van der Waals surface area contributed by atoms with Crippen LogP contribution in [-0.2, 0) is 102 Å². The van der Waals surface area contributed by atoms with Crippen LogP contribution in [0.3, 0.4) is 0 Å². The van der Waals surface area contributed by atoms with Crippen molar-refractivity contribution in [1.29, 1.82) is 5.41 Å². The number of aromatic amines is 1. The number of carboxylic acid groups (broad SMARTS) is 1. The Morgan fingerprint density at radius 1 is 0.588 bits per heavy atom. The molecule has 0 unspecified atom stereocenters. The number of phenols is 1. The van der Waals surface area contributed by atoms with Gasteiger partial charge in [-0.05, 0) is 79.0 Å². The predicted molar refractivity (Wildman–Crippen MR) is 436 cm³/mol. The molecular formula is C80H107N19O19S. The molecule has 18 N–H and O–H groups in total. The van der Waals surface area contributed by atoms with Crippen LogP contribution in [0.25, 0.3) is 10.9 Å². The average Bonchev–Trinajstić information content (AvgIpc) is 1.79. The van der Waals surface area contributed by atoms with E-state index in [9.17, 15) is 72.9 Å². The Morgan fingerprint density at radius 3 is 1.76 bits per heavy atom. The number of phenolic OH excluding ortho intramolecular Hbond substituents is 1. The Morgan fingerprint density at radius 2 is 1.15 bits per heavy atom. The number of hydrogen-bond acceptors (Lipinski definition) is 20. The van der Waals surface area contributed by atoms with Crippen molar-refractivity contribution in [2.45, 2.75) is 145 Å². The summed E-state index contributed by atoms with van der Waals surface area (Å²) >= 11 is 0.811. The molecule has 7 rings (SSSR count). The fraction of sp³-hybridized carbons (Fsp3) is 0.463. The van der Waals surface area contributed by atoms with Crippen molar-refractivity contribution in [1.82, 2.24) is 82.2 Å². The van der Waals surface area contributed by atoms with Crippen molar-refractivity contribution in [3.63, 3.8) is 0 Å². The Balaban J connectivity index is 1.27. The smallest absolute Gasteiger partial charge is 0.305 e. The van der Waals surface area contributed by atoms with Crippen LogP contribution >= 0.6 is 11.8 Å². The van der Waals surface area contributed by atoms with Crippen LogP contribution < -0.4 is 59.3 Å². The second-order valence-corrected chi connectivity index (χ2v) is 30.6. The first-order chi connectivity index (χ1) is 56.5. The van der Waals surface area contributed by atoms with Crippen LogP contribution in [0.15, 0.2) is 115 Å². The van der Waals surface area contributed by atoms with Crippen LogP contribution in [-0.4, -0.2) is 303 Å². The normalized spacial score (nSPS) is 23.2. The largest absolute Gasteiger partial charge is 0.508 e. The van der Waals surface area contributed by atoms with Crippen molar-refractivity contribution in [2.24, 2.45) is 17.4 Å². The molecular weight excluding hydrogens is 1560 g/mol. The third-order valence-electron chi connectivity index (χ3n) is 20.6. The number of primary amides is 1. The van der Waals surface area contributed by atoms with E-state index < -0.39 is 211 Å². The summed E-state index contributed by atoms with van der Waals surface area (Å²) in [6.07, 6.45) is -0.0482. The van der Waals surface area contributed by atoms with Crippen LogP contribution in [0.4, 0.5) is 0 Å². The number of carbonyl (C=O) groups is 16. The second kappa shape index (κ2) is 44.6. The monoisotopic (exact) mass is 1670 g/mol. The number of aliphatic carboxylic acids is 1. The molecule has 119 heavy (non-hydrogen) atoms. The molecule has 0 bridgehead atoms. The van der Waals surface area contributed by atoms with Crippen molar-refractivity contribution in [3.8, 4) is 5.75 Å². The minimum absolute atomic E-state index is 0.0136. The fourth-order valence-corrected chi connectivity index (χ4v) is 14.6. The Kier molecular flexibility index (Phi) is 35.0. The average molecular weight is 1670 g/mol. The predicted octanol–water partition coefficient (Wildman–Crippen LogP) is -3.32. The summed E-state index contributed by atoms with van der Waals surface area (Å²) in [5.41, 5.74) is 13.7. The Bertz CT molecular complexity index is 4480. The number of aliphatic hydroxyl groups is 1. The molecule has 2 saturated heterocycles. The van der Waals surface area contributed by atoms with E-state index in [-0.39, 0.29) is 76.0 Å². The molecule has 39 heteroatoms. The van der Waals surface area contributed by atoms with Gasteiger partial charge in [-0.15, -0.1) is 11.8 Å². The highest BCUT2D eigenvalue weighted by Crippen LogP contribution is 2.26. The third kappa shape index (κ3) is 26.9. The van der Waals surface area contributed by atoms with E-state index in [1.54, 1.807) is 91.1 Å². The standard InChI is InChI=1S/C80H107N19O19S/c1-45(2)68-79(118)98(8)62(42-100)72(111)87-40-64(103)88-54(25-17-31-84-80(82)83)74(113)96(6)60(34-47-19-11-9-12-20-47)77(116)94(4)41-65(104)89-56(33-49-27-29-51(101)30-28-49)76(115)97(7)61(35-48-21-13-10-14-22-48)78(117)99-32-18-26-59(99)73(112)92-58(70(109)86-39-63(81)102)43-119-44-66(105)90-57(36-50-38-85-53-24-16-15-23-52(50)53)75(114)95(5)46(3)69(108)91-55(37-67(106)107)71(110)93-68/h9-16,19-24,27-30,38,45-46,54-62,68,85,100-101H,17-18,25-26,31-37,39-44H2,1-8H3,(H2,81,102)(H,86,109)(H,87,111)(H,88,103)(H,89,104)(H,90,105)(H,91,108)(H,92,112)(H,93,110)(H,106,107)(H4,82,83,84)/t46-,54-,55-,56-,57+,58-,59-,60-,61-,62-,68-/m0/s1. The van der Waals surface area contributed by atoms with Gasteiger partial charge in [-0.25, -0.2) is 0 Å². The number of fused-ring (bicyclic) bond motifs is 2. The lowest BCUT2D eigenvalue weighted by Crippen LogP contribution is -2.61. The van der Waals surface area contributed by atoms with Crippen molar-refractivity contribution in [3.05, 3.63) is 138 Å². The van der Waals surface area contributed by atoms with Gasteiger partial charge in [0.1, 0.15) is 72.2 Å². The van der Waals surface area contributed by atoms with E-state index in [0.717, 1.165) is 43.3 Å². The quantitative estimate of drug-likeness (QED) is 0.0219. The number of carbonyl (C=O) groups excluding carboxylic acids is 15. The van der Waals surface area contributed by atoms with Gasteiger partial charge in [-0.1, -0.05) is 105 Å². The van der Waals surface area contributed by atoms with Crippen molar-refractivity contribution in [2.75, 3.05) is 86.1 Å². The van der Waals surface area contributed by atoms with Crippen molar-refractivity contribution >= 4 is 123 Å². The summed E-state index contributed by atoms with van der Waals surface area (Å²) in [7, 11) is 6.21. The summed E-state index contributed by atoms with van der Waals surface area (Å²) in [6.45, 7) is 0.811. The zero-order valence-electron chi connectivity index (χ0n) is 67.5. The highest BCUT2D eigenvalue weighted by Gasteiger charge is 2.44. The number of guanidine groups is 1. The number of hydrogen-bond donors (Lipinski definition) is 16. The van der Waals surface area contributed by atoms with Gasteiger partial charge in [-0.2, -0.15) is 0 Å². The number of thioether (sulfide) groups is 1. The molecule has 642 valence electrons. The molecule has 4 aromatic carbocycles. The number of amides is 15. The molecule has 2 aliphatic rings. The molecule has 2 aliphatic heterocycles. The van der Waals surface area contributed by atoms with E-state index in [1.165, 1.54) is 78.1 Å². The number of aromatic nitrogens is 1. The summed E-state index contributed by atoms with van der Waals surface area (Å²) in [4.78, 5) is 239. The van der Waals surface area contributed by atoms with Gasteiger partial charge in [0, 0.05) is 96.9 Å². The third-order valence-corrected chi connectivity index (χ3v) is 21.6. The van der Waals surface area contributed by atoms with Gasteiger partial charge in [0.25, 0.3) is 0 Å². The number of aromatic hydroxyl groups is 1. The number of nitrogens with zero attached hydrogens (tertiary/aromatic N) is 6. The first-order valence-corrected chi connectivity index (χ1v) is 39.8. The Labute approximate surface area is 691 Å². The van der Waals surface area contributed by atoms with Gasteiger partial charge in [0.05, 0.1) is 38.4 Å². The van der Waals surface area contributed by atoms with Gasteiger partial charge < -0.3 is 109 Å². The van der Waals surface area contributed by atoms with Crippen LogP contribution in [0.2, 0.25) is 0 Å². The van der Waals surface area contributed by atoms with E-state index in [1.807, 2.05) is 0 Å². The fourth-order valence-electron chi connectivity index (χ4n) is 13.7. The first kappa shape index (κ1) is 93.5. The number of para-hydroxylation sites is 1. The minimum atomic E-state index is -1.94. The van der Waals surface area contributed by atoms with Gasteiger partial charge in [0.2, 0.25) is 88.6 Å². The van der Waals surface area contributed by atoms with Crippen LogP contribution in [0, 0.1) is 11.3 Å². The molecule has 0 saturated carbocycles. The first-order valence-electron chi connectivity index (χ1n) is 38.6. The van der Waals surface area contributed by atoms with Crippen LogP contribution in [0.1, 0.15) is 75.1 Å². The molecule has 0 radical (unpaired) electrons. The summed E-state index contributed by atoms with van der Waals surface area (Å²) < 4.78 is 0. The summed E-state index contributed by atoms with van der Waals surface area (Å²) in [6, 6.07) is 12.8. The maximum absolute atomic E-state index is 15.5. The number of aliphatic hydroxyl groups excluding tert-OH is 1. The molecule has 5 aromatic rings. The number of benzene rings is 4. The maximum atomic E-state index is 15.5. The highest BCUT2D eigenvalue weighted by atomic mass is 32.2. The molecule has 1 aromatic heterocycles. The topological polar surface area (TPSA) is 553 Å². The zero-order chi connectivity index (χ0) is 87.5. The number of nitrogens with two attached hydrogens (primary N) is 2. The lowest BCUT2D eigenvalue weighted by atomic mass is 10.00. The van der Waals surface area contributed by atoms with E-state index in [4.69, 9.17) is 16.9 Å². The van der Waals surface area contributed by atoms with Crippen molar-refractivity contribution < 1.29 is 92.0 Å². The number of carboxylic acids is 1. The highest BCUT2D eigenvalue weighted by molar-refractivity contribution is 8.00.